The summed E-state index contributed by atoms with van der Waals surface area (Å²) in [6.45, 7) is 4.57. The molecule has 4 rings (SSSR count). The Hall–Kier alpha value is -3.26. The molecular weight excluding hydrogens is 414 g/mol. The van der Waals surface area contributed by atoms with Gasteiger partial charge in [-0.15, -0.1) is 0 Å². The largest absolute Gasteiger partial charge is 0.496 e. The van der Waals surface area contributed by atoms with Crippen LogP contribution in [0.3, 0.4) is 0 Å². The summed E-state index contributed by atoms with van der Waals surface area (Å²) in [5.41, 5.74) is 1.46. The van der Waals surface area contributed by atoms with Crippen LogP contribution in [0.15, 0.2) is 43.2 Å². The van der Waals surface area contributed by atoms with E-state index in [-0.39, 0.29) is 17.5 Å². The van der Waals surface area contributed by atoms with Gasteiger partial charge in [-0.2, -0.15) is 0 Å². The summed E-state index contributed by atoms with van der Waals surface area (Å²) < 4.78 is 33.3. The van der Waals surface area contributed by atoms with Crippen LogP contribution in [0.4, 0.5) is 20.3 Å². The number of anilines is 2. The van der Waals surface area contributed by atoms with Gasteiger partial charge in [-0.1, -0.05) is 18.2 Å². The van der Waals surface area contributed by atoms with E-state index in [4.69, 9.17) is 16.3 Å². The highest BCUT2D eigenvalue weighted by atomic mass is 35.5. The first-order valence-corrected chi connectivity index (χ1v) is 9.45. The highest BCUT2D eigenvalue weighted by Crippen LogP contribution is 2.38. The highest BCUT2D eigenvalue weighted by molar-refractivity contribution is 6.31. The van der Waals surface area contributed by atoms with Gasteiger partial charge < -0.3 is 15.0 Å². The Balaban J connectivity index is 1.73. The van der Waals surface area contributed by atoms with Gasteiger partial charge in [-0.05, 0) is 24.3 Å². The van der Waals surface area contributed by atoms with Crippen molar-refractivity contribution in [3.8, 4) is 5.75 Å². The van der Waals surface area contributed by atoms with Gasteiger partial charge in [0, 0.05) is 36.0 Å². The molecular formula is C21H17ClF2N4O2. The van der Waals surface area contributed by atoms with E-state index in [1.165, 1.54) is 18.5 Å². The lowest BCUT2D eigenvalue weighted by molar-refractivity contribution is -0.130. The number of rotatable bonds is 5. The van der Waals surface area contributed by atoms with Crippen LogP contribution in [-0.4, -0.2) is 41.0 Å². The first-order valence-electron chi connectivity index (χ1n) is 9.07. The predicted molar refractivity (Wildman–Crippen MR) is 110 cm³/mol. The third kappa shape index (κ3) is 3.43. The predicted octanol–water partition coefficient (Wildman–Crippen LogP) is 4.43. The second kappa shape index (κ2) is 7.87. The van der Waals surface area contributed by atoms with E-state index in [9.17, 15) is 13.6 Å². The molecule has 0 saturated carbocycles. The van der Waals surface area contributed by atoms with Crippen LogP contribution in [0.2, 0.25) is 5.02 Å². The molecule has 1 saturated heterocycles. The van der Waals surface area contributed by atoms with Gasteiger partial charge in [0.1, 0.15) is 28.7 Å². The number of benzene rings is 2. The van der Waals surface area contributed by atoms with Crippen molar-refractivity contribution in [2.75, 3.05) is 25.5 Å². The summed E-state index contributed by atoms with van der Waals surface area (Å²) in [7, 11) is 1.56. The molecule has 1 aromatic heterocycles. The van der Waals surface area contributed by atoms with E-state index < -0.39 is 16.7 Å². The lowest BCUT2D eigenvalue weighted by Gasteiger charge is -2.39. The van der Waals surface area contributed by atoms with Gasteiger partial charge in [0.15, 0.2) is 5.82 Å². The SMILES string of the molecule is C=CC(=O)N1CC(c2cc3c(Nc4ccc(F)c(Cl)c4F)ncnc3cc2OC)C1. The fourth-order valence-electron chi connectivity index (χ4n) is 3.43. The van der Waals surface area contributed by atoms with Crippen molar-refractivity contribution in [3.05, 3.63) is 65.5 Å². The van der Waals surface area contributed by atoms with Gasteiger partial charge in [0.2, 0.25) is 5.91 Å². The van der Waals surface area contributed by atoms with E-state index in [2.05, 4.69) is 21.9 Å². The molecule has 0 unspecified atom stereocenters. The summed E-state index contributed by atoms with van der Waals surface area (Å²) in [4.78, 5) is 21.9. The molecule has 0 spiro atoms. The minimum Gasteiger partial charge on any atom is -0.496 e. The normalized spacial score (nSPS) is 13.8. The summed E-state index contributed by atoms with van der Waals surface area (Å²) >= 11 is 5.67. The number of hydrogen-bond donors (Lipinski definition) is 1. The summed E-state index contributed by atoms with van der Waals surface area (Å²) in [5, 5.41) is 2.89. The smallest absolute Gasteiger partial charge is 0.245 e. The van der Waals surface area contributed by atoms with Gasteiger partial charge in [-0.3, -0.25) is 4.79 Å². The number of fused-ring (bicyclic) bond motifs is 1. The summed E-state index contributed by atoms with van der Waals surface area (Å²) in [5.74, 6) is -0.834. The average Bonchev–Trinajstić information content (AvgIpc) is 2.72. The lowest BCUT2D eigenvalue weighted by atomic mass is 9.89. The van der Waals surface area contributed by atoms with Gasteiger partial charge in [0.25, 0.3) is 0 Å². The van der Waals surface area contributed by atoms with E-state index >= 15 is 0 Å². The third-order valence-corrected chi connectivity index (χ3v) is 5.43. The van der Waals surface area contributed by atoms with Crippen LogP contribution in [0.25, 0.3) is 10.9 Å². The molecule has 1 amide bonds. The molecule has 9 heteroatoms. The molecule has 2 heterocycles. The molecule has 1 N–H and O–H groups in total. The molecule has 1 fully saturated rings. The zero-order valence-electron chi connectivity index (χ0n) is 16.0. The summed E-state index contributed by atoms with van der Waals surface area (Å²) in [6.07, 6.45) is 2.62. The Morgan fingerprint density at radius 2 is 2.10 bits per heavy atom. The van der Waals surface area contributed by atoms with Crippen LogP contribution >= 0.6 is 11.6 Å². The number of methoxy groups -OCH3 is 1. The number of nitrogens with zero attached hydrogens (tertiary/aromatic N) is 3. The molecule has 0 radical (unpaired) electrons. The van der Waals surface area contributed by atoms with Gasteiger partial charge in [-0.25, -0.2) is 18.7 Å². The number of halogens is 3. The molecule has 1 aliphatic heterocycles. The zero-order valence-corrected chi connectivity index (χ0v) is 16.7. The molecule has 30 heavy (non-hydrogen) atoms. The molecule has 6 nitrogen and oxygen atoms in total. The Kier molecular flexibility index (Phi) is 5.26. The highest BCUT2D eigenvalue weighted by Gasteiger charge is 2.33. The van der Waals surface area contributed by atoms with Crippen LogP contribution in [0.5, 0.6) is 5.75 Å². The minimum absolute atomic E-state index is 0.00910. The maximum absolute atomic E-state index is 14.3. The van der Waals surface area contributed by atoms with Crippen molar-refractivity contribution < 1.29 is 18.3 Å². The third-order valence-electron chi connectivity index (χ3n) is 5.08. The van der Waals surface area contributed by atoms with Crippen LogP contribution < -0.4 is 10.1 Å². The monoisotopic (exact) mass is 430 g/mol. The average molecular weight is 431 g/mol. The second-order valence-electron chi connectivity index (χ2n) is 6.83. The van der Waals surface area contributed by atoms with E-state index in [0.29, 0.717) is 35.6 Å². The first kappa shape index (κ1) is 20.0. The fraction of sp³-hybridized carbons (Fsp3) is 0.190. The van der Waals surface area contributed by atoms with Crippen LogP contribution in [0, 0.1) is 11.6 Å². The van der Waals surface area contributed by atoms with Crippen LogP contribution in [-0.2, 0) is 4.79 Å². The summed E-state index contributed by atoms with van der Waals surface area (Å²) in [6, 6.07) is 5.95. The molecule has 3 aromatic rings. The van der Waals surface area contributed by atoms with Crippen molar-refractivity contribution in [2.45, 2.75) is 5.92 Å². The van der Waals surface area contributed by atoms with E-state index in [1.807, 2.05) is 6.07 Å². The maximum atomic E-state index is 14.3. The Labute approximate surface area is 176 Å². The number of amides is 1. The van der Waals surface area contributed by atoms with Gasteiger partial charge >= 0.3 is 0 Å². The molecule has 0 bridgehead atoms. The number of hydrogen-bond acceptors (Lipinski definition) is 5. The van der Waals surface area contributed by atoms with Crippen molar-refractivity contribution in [2.24, 2.45) is 0 Å². The fourth-order valence-corrected chi connectivity index (χ4v) is 3.60. The van der Waals surface area contributed by atoms with E-state index in [0.717, 1.165) is 11.6 Å². The molecule has 1 aliphatic rings. The minimum atomic E-state index is -0.908. The van der Waals surface area contributed by atoms with Crippen molar-refractivity contribution in [1.82, 2.24) is 14.9 Å². The lowest BCUT2D eigenvalue weighted by Crippen LogP contribution is -2.47. The number of likely N-dealkylation sites (tertiary alicyclic amines) is 1. The van der Waals surface area contributed by atoms with Crippen LogP contribution in [0.1, 0.15) is 11.5 Å². The Morgan fingerprint density at radius 1 is 1.33 bits per heavy atom. The molecule has 0 atom stereocenters. The number of carbonyl (C=O) groups excluding carboxylic acids is 1. The Bertz CT molecular complexity index is 1170. The van der Waals surface area contributed by atoms with Crippen molar-refractivity contribution >= 4 is 39.9 Å². The Morgan fingerprint density at radius 3 is 2.80 bits per heavy atom. The zero-order chi connectivity index (χ0) is 21.4. The van der Waals surface area contributed by atoms with Crippen molar-refractivity contribution in [3.63, 3.8) is 0 Å². The number of carbonyl (C=O) groups is 1. The second-order valence-corrected chi connectivity index (χ2v) is 7.20. The molecule has 2 aromatic carbocycles. The van der Waals surface area contributed by atoms with E-state index in [1.54, 1.807) is 18.1 Å². The quantitative estimate of drug-likeness (QED) is 0.479. The van der Waals surface area contributed by atoms with Gasteiger partial charge in [0.05, 0.1) is 18.3 Å². The first-order chi connectivity index (χ1) is 14.4. The number of aromatic nitrogens is 2. The topological polar surface area (TPSA) is 67.4 Å². The standard InChI is InChI=1S/C21H17ClF2N4O2/c1-3-18(29)28-8-11(9-28)12-6-13-16(7-17(12)30-2)25-10-26-21(13)27-15-5-4-14(23)19(22)20(15)24/h3-7,10-11H,1,8-9H2,2H3,(H,25,26,27). The number of ether oxygens (including phenoxy) is 1. The van der Waals surface area contributed by atoms with Crippen molar-refractivity contribution in [1.29, 1.82) is 0 Å². The molecule has 0 aliphatic carbocycles. The number of nitrogens with one attached hydrogen (secondary N) is 1. The molecule has 154 valence electrons. The maximum Gasteiger partial charge on any atom is 0.245 e.